The van der Waals surface area contributed by atoms with Crippen LogP contribution in [0.15, 0.2) is 18.2 Å². The molecule has 114 valence electrons. The van der Waals surface area contributed by atoms with E-state index in [1.165, 1.54) is 18.2 Å². The molecule has 1 fully saturated rings. The predicted octanol–water partition coefficient (Wildman–Crippen LogP) is 2.79. The highest BCUT2D eigenvalue weighted by Gasteiger charge is 2.49. The van der Waals surface area contributed by atoms with Gasteiger partial charge in [-0.25, -0.2) is 0 Å². The van der Waals surface area contributed by atoms with Gasteiger partial charge in [-0.15, -0.1) is 0 Å². The van der Waals surface area contributed by atoms with Gasteiger partial charge in [-0.1, -0.05) is 25.4 Å². The summed E-state index contributed by atoms with van der Waals surface area (Å²) in [6.45, 7) is 4.01. The van der Waals surface area contributed by atoms with E-state index in [9.17, 15) is 14.9 Å². The minimum Gasteiger partial charge on any atom is -0.381 e. The highest BCUT2D eigenvalue weighted by molar-refractivity contribution is 6.34. The monoisotopic (exact) mass is 312 g/mol. The molecule has 2 unspecified atom stereocenters. The summed E-state index contributed by atoms with van der Waals surface area (Å²) < 4.78 is 5.33. The number of nitro groups is 1. The molecule has 1 aromatic rings. The molecule has 0 spiro atoms. The van der Waals surface area contributed by atoms with Crippen molar-refractivity contribution < 1.29 is 14.5 Å². The van der Waals surface area contributed by atoms with Gasteiger partial charge < -0.3 is 10.1 Å². The molecule has 1 N–H and O–H groups in total. The zero-order valence-corrected chi connectivity index (χ0v) is 12.8. The average molecular weight is 313 g/mol. The maximum absolute atomic E-state index is 12.3. The summed E-state index contributed by atoms with van der Waals surface area (Å²) in [4.78, 5) is 22.5. The zero-order chi connectivity index (χ0) is 15.8. The highest BCUT2D eigenvalue weighted by Crippen LogP contribution is 2.42. The third kappa shape index (κ3) is 2.87. The lowest BCUT2D eigenvalue weighted by molar-refractivity contribution is -0.384. The number of amides is 1. The number of hydrogen-bond acceptors (Lipinski definition) is 4. The number of halogens is 1. The van der Waals surface area contributed by atoms with Gasteiger partial charge in [-0.05, 0) is 12.5 Å². The first-order valence-electron chi connectivity index (χ1n) is 6.55. The third-order valence-electron chi connectivity index (χ3n) is 4.17. The second-order valence-electron chi connectivity index (χ2n) is 5.73. The van der Waals surface area contributed by atoms with Gasteiger partial charge in [-0.3, -0.25) is 14.9 Å². The van der Waals surface area contributed by atoms with Gasteiger partial charge in [0.05, 0.1) is 21.6 Å². The Balaban J connectivity index is 2.15. The van der Waals surface area contributed by atoms with Gasteiger partial charge in [0.25, 0.3) is 11.6 Å². The Kier molecular flexibility index (Phi) is 4.20. The molecule has 0 aliphatic heterocycles. The smallest absolute Gasteiger partial charge is 0.270 e. The van der Waals surface area contributed by atoms with E-state index in [2.05, 4.69) is 5.32 Å². The van der Waals surface area contributed by atoms with Crippen molar-refractivity contribution in [3.05, 3.63) is 38.9 Å². The number of benzene rings is 1. The van der Waals surface area contributed by atoms with Crippen LogP contribution < -0.4 is 5.32 Å². The molecule has 0 saturated heterocycles. The molecule has 1 aliphatic rings. The molecule has 21 heavy (non-hydrogen) atoms. The number of ether oxygens (including phenoxy) is 1. The first kappa shape index (κ1) is 15.7. The Morgan fingerprint density at radius 1 is 1.52 bits per heavy atom. The van der Waals surface area contributed by atoms with Gasteiger partial charge in [0.15, 0.2) is 0 Å². The molecule has 0 aromatic heterocycles. The number of non-ortho nitro benzene ring substituents is 1. The molecule has 1 aliphatic carbocycles. The van der Waals surface area contributed by atoms with Crippen molar-refractivity contribution in [2.24, 2.45) is 5.41 Å². The van der Waals surface area contributed by atoms with Crippen LogP contribution in [-0.4, -0.2) is 30.1 Å². The standard InChI is InChI=1S/C14H17ClN2O4/c1-14(2)11(7-12(14)21-3)16-13(18)9-6-8(17(19)20)4-5-10(9)15/h4-6,11-12H,7H2,1-3H3,(H,16,18). The van der Waals surface area contributed by atoms with Gasteiger partial charge in [0, 0.05) is 30.7 Å². The molecule has 1 saturated carbocycles. The lowest BCUT2D eigenvalue weighted by Crippen LogP contribution is -2.61. The van der Waals surface area contributed by atoms with Crippen LogP contribution in [0.25, 0.3) is 0 Å². The summed E-state index contributed by atoms with van der Waals surface area (Å²) in [6, 6.07) is 3.77. The Morgan fingerprint density at radius 2 is 2.19 bits per heavy atom. The number of nitro benzene ring substituents is 1. The van der Waals surface area contributed by atoms with E-state index in [0.29, 0.717) is 6.42 Å². The van der Waals surface area contributed by atoms with Crippen LogP contribution >= 0.6 is 11.6 Å². The summed E-state index contributed by atoms with van der Waals surface area (Å²) in [7, 11) is 1.64. The van der Waals surface area contributed by atoms with Crippen LogP contribution in [0.5, 0.6) is 0 Å². The Labute approximate surface area is 127 Å². The van der Waals surface area contributed by atoms with Crippen molar-refractivity contribution in [3.63, 3.8) is 0 Å². The Hall–Kier alpha value is -1.66. The number of carbonyl (C=O) groups is 1. The van der Waals surface area contributed by atoms with Crippen molar-refractivity contribution in [1.82, 2.24) is 5.32 Å². The largest absolute Gasteiger partial charge is 0.381 e. The SMILES string of the molecule is COC1CC(NC(=O)c2cc([N+](=O)[O-])ccc2Cl)C1(C)C. The van der Waals surface area contributed by atoms with Crippen molar-refractivity contribution in [3.8, 4) is 0 Å². The summed E-state index contributed by atoms with van der Waals surface area (Å²) in [6.07, 6.45) is 0.797. The van der Waals surface area contributed by atoms with Gasteiger partial charge in [0.2, 0.25) is 0 Å². The van der Waals surface area contributed by atoms with Crippen LogP contribution in [0.3, 0.4) is 0 Å². The molecule has 0 heterocycles. The molecule has 0 radical (unpaired) electrons. The van der Waals surface area contributed by atoms with Crippen molar-refractivity contribution in [1.29, 1.82) is 0 Å². The van der Waals surface area contributed by atoms with E-state index >= 15 is 0 Å². The van der Waals surface area contributed by atoms with Crippen molar-refractivity contribution in [2.45, 2.75) is 32.4 Å². The lowest BCUT2D eigenvalue weighted by atomic mass is 9.64. The van der Waals surface area contributed by atoms with E-state index in [1.54, 1.807) is 7.11 Å². The maximum atomic E-state index is 12.3. The number of hydrogen-bond donors (Lipinski definition) is 1. The van der Waals surface area contributed by atoms with Crippen molar-refractivity contribution >= 4 is 23.2 Å². The minimum absolute atomic E-state index is 0.0507. The molecule has 0 bridgehead atoms. The first-order valence-corrected chi connectivity index (χ1v) is 6.92. The quantitative estimate of drug-likeness (QED) is 0.684. The number of nitrogens with one attached hydrogen (secondary N) is 1. The molecular formula is C14H17ClN2O4. The minimum atomic E-state index is -0.554. The summed E-state index contributed by atoms with van der Waals surface area (Å²) >= 11 is 5.96. The number of methoxy groups -OCH3 is 1. The van der Waals surface area contributed by atoms with Crippen LogP contribution in [0.1, 0.15) is 30.6 Å². The van der Waals surface area contributed by atoms with E-state index in [-0.39, 0.29) is 33.8 Å². The van der Waals surface area contributed by atoms with Crippen LogP contribution in [0, 0.1) is 15.5 Å². The van der Waals surface area contributed by atoms with Crippen LogP contribution in [0.2, 0.25) is 5.02 Å². The van der Waals surface area contributed by atoms with Crippen LogP contribution in [-0.2, 0) is 4.74 Å². The summed E-state index contributed by atoms with van der Waals surface area (Å²) in [5, 5.41) is 13.8. The molecule has 1 aromatic carbocycles. The highest BCUT2D eigenvalue weighted by atomic mass is 35.5. The fourth-order valence-corrected chi connectivity index (χ4v) is 2.77. The molecule has 2 rings (SSSR count). The number of carbonyl (C=O) groups excluding carboxylic acids is 1. The first-order chi connectivity index (χ1) is 9.77. The second-order valence-corrected chi connectivity index (χ2v) is 6.14. The van der Waals surface area contributed by atoms with Gasteiger partial charge >= 0.3 is 0 Å². The molecular weight excluding hydrogens is 296 g/mol. The lowest BCUT2D eigenvalue weighted by Gasteiger charge is -2.51. The Bertz CT molecular complexity index is 588. The van der Waals surface area contributed by atoms with Crippen molar-refractivity contribution in [2.75, 3.05) is 7.11 Å². The Morgan fingerprint density at radius 3 is 2.71 bits per heavy atom. The van der Waals surface area contributed by atoms with Gasteiger partial charge in [0.1, 0.15) is 0 Å². The fraction of sp³-hybridized carbons (Fsp3) is 0.500. The van der Waals surface area contributed by atoms with Crippen LogP contribution in [0.4, 0.5) is 5.69 Å². The summed E-state index contributed by atoms with van der Waals surface area (Å²) in [5.74, 6) is -0.406. The molecule has 1 amide bonds. The van der Waals surface area contributed by atoms with E-state index in [0.717, 1.165) is 0 Å². The third-order valence-corrected chi connectivity index (χ3v) is 4.50. The van der Waals surface area contributed by atoms with E-state index in [4.69, 9.17) is 16.3 Å². The average Bonchev–Trinajstić information content (AvgIpc) is 2.42. The summed E-state index contributed by atoms with van der Waals surface area (Å²) in [5.41, 5.74) is -0.229. The van der Waals surface area contributed by atoms with E-state index in [1.807, 2.05) is 13.8 Å². The second kappa shape index (κ2) is 5.61. The molecule has 2 atom stereocenters. The van der Waals surface area contributed by atoms with Gasteiger partial charge in [-0.2, -0.15) is 0 Å². The molecule has 6 nitrogen and oxygen atoms in total. The zero-order valence-electron chi connectivity index (χ0n) is 12.1. The topological polar surface area (TPSA) is 81.5 Å². The molecule has 7 heteroatoms. The fourth-order valence-electron chi connectivity index (χ4n) is 2.57. The number of nitrogens with zero attached hydrogens (tertiary/aromatic N) is 1. The predicted molar refractivity (Wildman–Crippen MR) is 78.6 cm³/mol. The normalized spacial score (nSPS) is 23.2. The maximum Gasteiger partial charge on any atom is 0.270 e. The van der Waals surface area contributed by atoms with E-state index < -0.39 is 10.8 Å². The number of rotatable bonds is 4.